The van der Waals surface area contributed by atoms with E-state index in [-0.39, 0.29) is 24.1 Å². The summed E-state index contributed by atoms with van der Waals surface area (Å²) >= 11 is 1.49. The quantitative estimate of drug-likeness (QED) is 0.906. The molecule has 23 heavy (non-hydrogen) atoms. The van der Waals surface area contributed by atoms with E-state index in [2.05, 4.69) is 10.6 Å². The summed E-state index contributed by atoms with van der Waals surface area (Å²) in [5.41, 5.74) is 2.03. The first-order valence-electron chi connectivity index (χ1n) is 7.17. The Morgan fingerprint density at radius 3 is 2.91 bits per heavy atom. The predicted octanol–water partition coefficient (Wildman–Crippen LogP) is 2.73. The standard InChI is InChI=1S/C17H15FN2O2S/c18-13-4-2-1-3-12(13)8-16(21)19-9-11-5-6-15-14(7-11)20-17(22)10-23-15/h1-7H,8-10H2,(H,19,21)(H,20,22). The number of rotatable bonds is 4. The normalized spacial score (nSPS) is 13.2. The highest BCUT2D eigenvalue weighted by Crippen LogP contribution is 2.31. The van der Waals surface area contributed by atoms with E-state index in [1.165, 1.54) is 17.8 Å². The van der Waals surface area contributed by atoms with Crippen LogP contribution in [0.5, 0.6) is 0 Å². The van der Waals surface area contributed by atoms with Crippen LogP contribution in [-0.4, -0.2) is 17.6 Å². The lowest BCUT2D eigenvalue weighted by atomic mass is 10.1. The van der Waals surface area contributed by atoms with Crippen molar-refractivity contribution < 1.29 is 14.0 Å². The van der Waals surface area contributed by atoms with Crippen LogP contribution in [0.4, 0.5) is 10.1 Å². The maximum absolute atomic E-state index is 13.5. The fraction of sp³-hybridized carbons (Fsp3) is 0.176. The van der Waals surface area contributed by atoms with Gasteiger partial charge in [0.05, 0.1) is 17.9 Å². The first-order chi connectivity index (χ1) is 11.1. The Bertz CT molecular complexity index is 764. The monoisotopic (exact) mass is 330 g/mol. The van der Waals surface area contributed by atoms with E-state index in [1.54, 1.807) is 18.2 Å². The number of hydrogen-bond acceptors (Lipinski definition) is 3. The highest BCUT2D eigenvalue weighted by Gasteiger charge is 2.15. The molecule has 1 heterocycles. The second-order valence-electron chi connectivity index (χ2n) is 5.21. The number of benzene rings is 2. The zero-order valence-electron chi connectivity index (χ0n) is 12.3. The van der Waals surface area contributed by atoms with Gasteiger partial charge in [-0.25, -0.2) is 4.39 Å². The third-order valence-corrected chi connectivity index (χ3v) is 4.55. The first kappa shape index (κ1) is 15.6. The molecular formula is C17H15FN2O2S. The van der Waals surface area contributed by atoms with Crippen LogP contribution in [0.2, 0.25) is 0 Å². The topological polar surface area (TPSA) is 58.2 Å². The summed E-state index contributed by atoms with van der Waals surface area (Å²) in [6.45, 7) is 0.334. The number of anilines is 1. The van der Waals surface area contributed by atoms with Crippen LogP contribution in [0, 0.1) is 5.82 Å². The largest absolute Gasteiger partial charge is 0.352 e. The summed E-state index contributed by atoms with van der Waals surface area (Å²) in [5, 5.41) is 5.58. The average molecular weight is 330 g/mol. The van der Waals surface area contributed by atoms with E-state index in [9.17, 15) is 14.0 Å². The van der Waals surface area contributed by atoms with E-state index >= 15 is 0 Å². The number of hydrogen-bond donors (Lipinski definition) is 2. The Morgan fingerprint density at radius 2 is 2.09 bits per heavy atom. The van der Waals surface area contributed by atoms with Gasteiger partial charge in [0.2, 0.25) is 11.8 Å². The molecule has 0 radical (unpaired) electrons. The molecule has 0 bridgehead atoms. The number of carbonyl (C=O) groups excluding carboxylic acids is 2. The smallest absolute Gasteiger partial charge is 0.234 e. The number of carbonyl (C=O) groups is 2. The zero-order chi connectivity index (χ0) is 16.2. The lowest BCUT2D eigenvalue weighted by molar-refractivity contribution is -0.120. The number of nitrogens with one attached hydrogen (secondary N) is 2. The minimum absolute atomic E-state index is 0.00417. The van der Waals surface area contributed by atoms with Crippen LogP contribution in [-0.2, 0) is 22.6 Å². The van der Waals surface area contributed by atoms with Crippen LogP contribution in [0.1, 0.15) is 11.1 Å². The predicted molar refractivity (Wildman–Crippen MR) is 87.7 cm³/mol. The van der Waals surface area contributed by atoms with Gasteiger partial charge in [-0.1, -0.05) is 24.3 Å². The van der Waals surface area contributed by atoms with Gasteiger partial charge in [-0.15, -0.1) is 11.8 Å². The maximum atomic E-state index is 13.5. The third-order valence-electron chi connectivity index (χ3n) is 3.48. The van der Waals surface area contributed by atoms with Gasteiger partial charge in [0.15, 0.2) is 0 Å². The van der Waals surface area contributed by atoms with E-state index < -0.39 is 0 Å². The maximum Gasteiger partial charge on any atom is 0.234 e. The summed E-state index contributed by atoms with van der Waals surface area (Å²) in [6, 6.07) is 11.9. The van der Waals surface area contributed by atoms with Crippen molar-refractivity contribution in [2.24, 2.45) is 0 Å². The summed E-state index contributed by atoms with van der Waals surface area (Å²) < 4.78 is 13.5. The van der Waals surface area contributed by atoms with Crippen LogP contribution < -0.4 is 10.6 Å². The summed E-state index contributed by atoms with van der Waals surface area (Å²) in [4.78, 5) is 24.3. The molecule has 0 aromatic heterocycles. The van der Waals surface area contributed by atoms with Crippen molar-refractivity contribution in [3.8, 4) is 0 Å². The minimum Gasteiger partial charge on any atom is -0.352 e. The molecule has 2 N–H and O–H groups in total. The molecular weight excluding hydrogens is 315 g/mol. The zero-order valence-corrected chi connectivity index (χ0v) is 13.1. The van der Waals surface area contributed by atoms with Gasteiger partial charge in [0, 0.05) is 11.4 Å². The Labute approximate surface area is 137 Å². The number of amides is 2. The van der Waals surface area contributed by atoms with E-state index in [0.717, 1.165) is 16.1 Å². The lowest BCUT2D eigenvalue weighted by Gasteiger charge is -2.17. The van der Waals surface area contributed by atoms with E-state index in [1.807, 2.05) is 18.2 Å². The molecule has 3 rings (SSSR count). The first-order valence-corrected chi connectivity index (χ1v) is 8.16. The Morgan fingerprint density at radius 1 is 1.26 bits per heavy atom. The van der Waals surface area contributed by atoms with Gasteiger partial charge in [-0.05, 0) is 29.3 Å². The van der Waals surface area contributed by atoms with Crippen molar-refractivity contribution in [1.29, 1.82) is 0 Å². The highest BCUT2D eigenvalue weighted by molar-refractivity contribution is 8.00. The molecule has 0 aliphatic carbocycles. The molecule has 0 saturated heterocycles. The number of fused-ring (bicyclic) bond motifs is 1. The molecule has 2 aromatic carbocycles. The fourth-order valence-corrected chi connectivity index (χ4v) is 3.11. The average Bonchev–Trinajstić information content (AvgIpc) is 2.54. The van der Waals surface area contributed by atoms with Crippen LogP contribution >= 0.6 is 11.8 Å². The Hall–Kier alpha value is -2.34. The van der Waals surface area contributed by atoms with Crippen molar-refractivity contribution in [2.45, 2.75) is 17.9 Å². The van der Waals surface area contributed by atoms with Crippen LogP contribution in [0.25, 0.3) is 0 Å². The molecule has 4 nitrogen and oxygen atoms in total. The summed E-state index contributed by atoms with van der Waals surface area (Å²) in [6.07, 6.45) is 0.00417. The second kappa shape index (κ2) is 6.83. The van der Waals surface area contributed by atoms with Crippen LogP contribution in [0.3, 0.4) is 0 Å². The van der Waals surface area contributed by atoms with Crippen molar-refractivity contribution in [3.05, 3.63) is 59.4 Å². The molecule has 1 aliphatic heterocycles. The van der Waals surface area contributed by atoms with Crippen molar-refractivity contribution >= 4 is 29.3 Å². The van der Waals surface area contributed by atoms with E-state index in [4.69, 9.17) is 0 Å². The summed E-state index contributed by atoms with van der Waals surface area (Å²) in [5.74, 6) is -0.225. The van der Waals surface area contributed by atoms with Crippen molar-refractivity contribution in [1.82, 2.24) is 5.32 Å². The SMILES string of the molecule is O=C(Cc1ccccc1F)NCc1ccc2c(c1)NC(=O)CS2. The van der Waals surface area contributed by atoms with Gasteiger partial charge in [0.1, 0.15) is 5.82 Å². The Kier molecular flexibility index (Phi) is 4.62. The molecule has 0 saturated carbocycles. The molecule has 0 unspecified atom stereocenters. The lowest BCUT2D eigenvalue weighted by Crippen LogP contribution is -2.25. The molecule has 0 atom stereocenters. The van der Waals surface area contributed by atoms with Gasteiger partial charge in [-0.3, -0.25) is 9.59 Å². The molecule has 0 fully saturated rings. The second-order valence-corrected chi connectivity index (χ2v) is 6.23. The molecule has 1 aliphatic rings. The molecule has 2 amide bonds. The van der Waals surface area contributed by atoms with Crippen LogP contribution in [0.15, 0.2) is 47.4 Å². The Balaban J connectivity index is 1.60. The molecule has 2 aromatic rings. The molecule has 118 valence electrons. The van der Waals surface area contributed by atoms with Crippen molar-refractivity contribution in [2.75, 3.05) is 11.1 Å². The summed E-state index contributed by atoms with van der Waals surface area (Å²) in [7, 11) is 0. The highest BCUT2D eigenvalue weighted by atomic mass is 32.2. The van der Waals surface area contributed by atoms with Gasteiger partial charge in [0.25, 0.3) is 0 Å². The van der Waals surface area contributed by atoms with Gasteiger partial charge < -0.3 is 10.6 Å². The van der Waals surface area contributed by atoms with Gasteiger partial charge >= 0.3 is 0 Å². The third kappa shape index (κ3) is 3.90. The number of thioether (sulfide) groups is 1. The van der Waals surface area contributed by atoms with Gasteiger partial charge in [-0.2, -0.15) is 0 Å². The fourth-order valence-electron chi connectivity index (χ4n) is 2.32. The molecule has 6 heteroatoms. The van der Waals surface area contributed by atoms with Crippen molar-refractivity contribution in [3.63, 3.8) is 0 Å². The number of halogens is 1. The minimum atomic E-state index is -0.379. The van der Waals surface area contributed by atoms with E-state index in [0.29, 0.717) is 17.9 Å². The molecule has 0 spiro atoms.